The van der Waals surface area contributed by atoms with Crippen molar-refractivity contribution in [3.63, 3.8) is 0 Å². The fraction of sp³-hybridized carbons (Fsp3) is 0.471. The molecular formula is C17H18Cl2N2O3. The third-order valence-corrected chi connectivity index (χ3v) is 5.57. The van der Waals surface area contributed by atoms with Gasteiger partial charge in [-0.3, -0.25) is 19.4 Å². The van der Waals surface area contributed by atoms with Gasteiger partial charge < -0.3 is 0 Å². The molecule has 0 bridgehead atoms. The maximum Gasteiger partial charge on any atom is 0.334 e. The molecule has 7 heteroatoms. The molecule has 1 saturated carbocycles. The monoisotopic (exact) mass is 368 g/mol. The molecule has 2 fully saturated rings. The molecule has 0 aromatic heterocycles. The Labute approximate surface area is 150 Å². The van der Waals surface area contributed by atoms with Crippen molar-refractivity contribution in [2.45, 2.75) is 45.2 Å². The molecule has 1 heterocycles. The predicted molar refractivity (Wildman–Crippen MR) is 90.7 cm³/mol. The summed E-state index contributed by atoms with van der Waals surface area (Å²) >= 11 is 12.2. The molecule has 3 rings (SSSR count). The molecule has 24 heavy (non-hydrogen) atoms. The van der Waals surface area contributed by atoms with Crippen LogP contribution in [0, 0.1) is 5.92 Å². The standard InChI is InChI=1S/C17H18Cl2N2O3/c1-10-5-2-3-8-14(10)21-16(23)15(22)20(17(21)24)9-11-12(18)6-4-7-13(11)19/h4,6-7,10,14H,2-3,5,8-9H2,1H3/t10-,14+/m0/s1. The number of amides is 4. The molecule has 2 aliphatic rings. The fourth-order valence-corrected chi connectivity index (χ4v) is 3.99. The van der Waals surface area contributed by atoms with Crippen molar-refractivity contribution in [3.8, 4) is 0 Å². The summed E-state index contributed by atoms with van der Waals surface area (Å²) < 4.78 is 0. The Hall–Kier alpha value is -1.59. The Morgan fingerprint density at radius 2 is 1.67 bits per heavy atom. The first-order valence-electron chi connectivity index (χ1n) is 8.03. The van der Waals surface area contributed by atoms with Crippen molar-refractivity contribution in [2.75, 3.05) is 0 Å². The van der Waals surface area contributed by atoms with Crippen molar-refractivity contribution in [1.82, 2.24) is 9.80 Å². The van der Waals surface area contributed by atoms with E-state index in [1.165, 1.54) is 0 Å². The van der Waals surface area contributed by atoms with E-state index in [0.717, 1.165) is 35.5 Å². The van der Waals surface area contributed by atoms with Crippen molar-refractivity contribution in [3.05, 3.63) is 33.8 Å². The second kappa shape index (κ2) is 6.73. The molecule has 1 saturated heterocycles. The number of halogens is 2. The maximum absolute atomic E-state index is 12.7. The van der Waals surface area contributed by atoms with E-state index in [0.29, 0.717) is 15.6 Å². The Bertz CT molecular complexity index is 687. The lowest BCUT2D eigenvalue weighted by molar-refractivity contribution is -0.144. The van der Waals surface area contributed by atoms with Crippen LogP contribution in [0.2, 0.25) is 10.0 Å². The van der Waals surface area contributed by atoms with Crippen LogP contribution in [-0.2, 0) is 16.1 Å². The Morgan fingerprint density at radius 1 is 1.04 bits per heavy atom. The predicted octanol–water partition coefficient (Wildman–Crippen LogP) is 3.86. The van der Waals surface area contributed by atoms with E-state index in [-0.39, 0.29) is 18.5 Å². The maximum atomic E-state index is 12.7. The minimum atomic E-state index is -0.811. The number of nitrogens with zero attached hydrogens (tertiary/aromatic N) is 2. The first-order chi connectivity index (χ1) is 11.4. The lowest BCUT2D eigenvalue weighted by atomic mass is 9.85. The molecular weight excluding hydrogens is 351 g/mol. The van der Waals surface area contributed by atoms with Crippen LogP contribution in [-0.4, -0.2) is 33.7 Å². The zero-order valence-corrected chi connectivity index (χ0v) is 14.8. The van der Waals surface area contributed by atoms with Gasteiger partial charge in [-0.1, -0.05) is 49.0 Å². The number of carbonyl (C=O) groups excluding carboxylic acids is 3. The topological polar surface area (TPSA) is 57.7 Å². The number of rotatable bonds is 3. The van der Waals surface area contributed by atoms with Crippen LogP contribution in [0.3, 0.4) is 0 Å². The smallest absolute Gasteiger partial charge is 0.263 e. The molecule has 4 amide bonds. The number of carbonyl (C=O) groups is 3. The van der Waals surface area contributed by atoms with Crippen LogP contribution >= 0.6 is 23.2 Å². The van der Waals surface area contributed by atoms with Gasteiger partial charge in [0.25, 0.3) is 0 Å². The summed E-state index contributed by atoms with van der Waals surface area (Å²) in [5, 5.41) is 0.722. The minimum Gasteiger partial charge on any atom is -0.263 e. The molecule has 0 unspecified atom stereocenters. The van der Waals surface area contributed by atoms with Crippen molar-refractivity contribution in [1.29, 1.82) is 0 Å². The Morgan fingerprint density at radius 3 is 2.29 bits per heavy atom. The number of hydrogen-bond acceptors (Lipinski definition) is 3. The highest BCUT2D eigenvalue weighted by Crippen LogP contribution is 2.33. The van der Waals surface area contributed by atoms with Crippen molar-refractivity contribution < 1.29 is 14.4 Å². The number of benzene rings is 1. The van der Waals surface area contributed by atoms with Gasteiger partial charge in [-0.2, -0.15) is 0 Å². The average Bonchev–Trinajstić information content (AvgIpc) is 2.75. The summed E-state index contributed by atoms with van der Waals surface area (Å²) in [6.07, 6.45) is 3.73. The molecule has 128 valence electrons. The largest absolute Gasteiger partial charge is 0.334 e. The van der Waals surface area contributed by atoms with Crippen LogP contribution in [0.15, 0.2) is 18.2 Å². The zero-order chi connectivity index (χ0) is 17.4. The third-order valence-electron chi connectivity index (χ3n) is 4.86. The molecule has 5 nitrogen and oxygen atoms in total. The highest BCUT2D eigenvalue weighted by molar-refractivity contribution is 6.45. The van der Waals surface area contributed by atoms with Gasteiger partial charge in [-0.25, -0.2) is 4.79 Å². The summed E-state index contributed by atoms with van der Waals surface area (Å²) in [5.41, 5.74) is 0.467. The van der Waals surface area contributed by atoms with Gasteiger partial charge in [-0.05, 0) is 30.9 Å². The highest BCUT2D eigenvalue weighted by atomic mass is 35.5. The summed E-state index contributed by atoms with van der Waals surface area (Å²) in [6, 6.07) is 4.17. The Balaban J connectivity index is 1.87. The summed E-state index contributed by atoms with van der Waals surface area (Å²) in [6.45, 7) is 1.92. The molecule has 1 aromatic carbocycles. The number of imide groups is 2. The van der Waals surface area contributed by atoms with E-state index in [9.17, 15) is 14.4 Å². The summed E-state index contributed by atoms with van der Waals surface area (Å²) in [7, 11) is 0. The van der Waals surface area contributed by atoms with Gasteiger partial charge in [-0.15, -0.1) is 0 Å². The van der Waals surface area contributed by atoms with Gasteiger partial charge in [0.15, 0.2) is 0 Å². The molecule has 2 atom stereocenters. The Kier molecular flexibility index (Phi) is 4.83. The number of hydrogen-bond donors (Lipinski definition) is 0. The van der Waals surface area contributed by atoms with E-state index in [2.05, 4.69) is 0 Å². The van der Waals surface area contributed by atoms with E-state index in [1.54, 1.807) is 18.2 Å². The quantitative estimate of drug-likeness (QED) is 0.601. The van der Waals surface area contributed by atoms with Gasteiger partial charge >= 0.3 is 17.8 Å². The van der Waals surface area contributed by atoms with E-state index in [4.69, 9.17) is 23.2 Å². The van der Waals surface area contributed by atoms with Crippen molar-refractivity contribution >= 4 is 41.0 Å². The van der Waals surface area contributed by atoms with Crippen LogP contribution in [0.5, 0.6) is 0 Å². The van der Waals surface area contributed by atoms with Gasteiger partial charge in [0.1, 0.15) is 0 Å². The van der Waals surface area contributed by atoms with Gasteiger partial charge in [0.2, 0.25) is 0 Å². The van der Waals surface area contributed by atoms with Crippen LogP contribution in [0.1, 0.15) is 38.2 Å². The van der Waals surface area contributed by atoms with Gasteiger partial charge in [0, 0.05) is 21.7 Å². The van der Waals surface area contributed by atoms with E-state index in [1.807, 2.05) is 6.92 Å². The first-order valence-corrected chi connectivity index (χ1v) is 8.79. The third kappa shape index (κ3) is 2.91. The molecule has 1 aliphatic carbocycles. The molecule has 0 spiro atoms. The van der Waals surface area contributed by atoms with E-state index < -0.39 is 17.8 Å². The summed E-state index contributed by atoms with van der Waals surface area (Å²) in [4.78, 5) is 39.5. The van der Waals surface area contributed by atoms with Crippen LogP contribution < -0.4 is 0 Å². The zero-order valence-electron chi connectivity index (χ0n) is 13.3. The van der Waals surface area contributed by atoms with Crippen molar-refractivity contribution in [2.24, 2.45) is 5.92 Å². The molecule has 0 N–H and O–H groups in total. The van der Waals surface area contributed by atoms with Gasteiger partial charge in [0.05, 0.1) is 6.54 Å². The minimum absolute atomic E-state index is 0.0977. The average molecular weight is 369 g/mol. The number of urea groups is 1. The second-order valence-electron chi connectivity index (χ2n) is 6.38. The molecule has 1 aromatic rings. The second-order valence-corrected chi connectivity index (χ2v) is 7.19. The first kappa shape index (κ1) is 17.2. The lowest BCUT2D eigenvalue weighted by Crippen LogP contribution is -2.46. The van der Waals surface area contributed by atoms with Crippen LogP contribution in [0.25, 0.3) is 0 Å². The fourth-order valence-electron chi connectivity index (χ4n) is 3.48. The lowest BCUT2D eigenvalue weighted by Gasteiger charge is -2.34. The van der Waals surface area contributed by atoms with Crippen LogP contribution in [0.4, 0.5) is 4.79 Å². The normalized spacial score (nSPS) is 24.9. The van der Waals surface area contributed by atoms with E-state index >= 15 is 0 Å². The molecule has 0 radical (unpaired) electrons. The SMILES string of the molecule is C[C@H]1CCCC[C@H]1N1C(=O)C(=O)N(Cc2c(Cl)cccc2Cl)C1=O. The highest BCUT2D eigenvalue weighted by Gasteiger charge is 2.49. The summed E-state index contributed by atoms with van der Waals surface area (Å²) in [5.74, 6) is -1.36. The molecule has 1 aliphatic heterocycles.